The molecule has 3 rings (SSSR count). The molecule has 1 aromatic heterocycles. The molecule has 1 N–H and O–H groups in total. The van der Waals surface area contributed by atoms with Gasteiger partial charge in [0.1, 0.15) is 0 Å². The van der Waals surface area contributed by atoms with Crippen molar-refractivity contribution in [3.8, 4) is 0 Å². The van der Waals surface area contributed by atoms with Crippen LogP contribution in [0.4, 0.5) is 5.69 Å². The molecule has 4 nitrogen and oxygen atoms in total. The van der Waals surface area contributed by atoms with Crippen LogP contribution >= 0.6 is 12.2 Å². The van der Waals surface area contributed by atoms with Crippen molar-refractivity contribution in [2.45, 2.75) is 33.7 Å². The van der Waals surface area contributed by atoms with Gasteiger partial charge in [0.2, 0.25) is 0 Å². The van der Waals surface area contributed by atoms with Gasteiger partial charge < -0.3 is 10.2 Å². The number of aromatic nitrogens is 1. The van der Waals surface area contributed by atoms with Crippen LogP contribution in [-0.2, 0) is 6.54 Å². The van der Waals surface area contributed by atoms with Gasteiger partial charge in [-0.1, -0.05) is 6.07 Å². The average Bonchev–Trinajstić information content (AvgIpc) is 2.86. The van der Waals surface area contributed by atoms with E-state index in [0.29, 0.717) is 0 Å². The molecular weight excluding hydrogens is 340 g/mol. The number of benzene rings is 1. The molecule has 1 aromatic carbocycles. The summed E-state index contributed by atoms with van der Waals surface area (Å²) in [7, 11) is 0. The Hall–Kier alpha value is -1.98. The standard InChI is InChI=1S/C21H28N4S/c1-16-13-18(3)20(14-17(16)2)23-21(26)25-10-4-9-24(11-12-25)15-19-5-7-22-8-6-19/h5-8,13-14H,4,9-12,15H2,1-3H3,(H,23,26). The minimum Gasteiger partial charge on any atom is -0.348 e. The first-order valence-electron chi connectivity index (χ1n) is 9.28. The predicted molar refractivity (Wildman–Crippen MR) is 113 cm³/mol. The molecule has 0 amide bonds. The zero-order valence-electron chi connectivity index (χ0n) is 16.0. The molecular formula is C21H28N4S. The van der Waals surface area contributed by atoms with E-state index >= 15 is 0 Å². The third-order valence-electron chi connectivity index (χ3n) is 5.11. The van der Waals surface area contributed by atoms with Gasteiger partial charge >= 0.3 is 0 Å². The monoisotopic (exact) mass is 368 g/mol. The van der Waals surface area contributed by atoms with Crippen molar-refractivity contribution < 1.29 is 0 Å². The van der Waals surface area contributed by atoms with E-state index in [4.69, 9.17) is 12.2 Å². The lowest BCUT2D eigenvalue weighted by molar-refractivity contribution is 0.278. The van der Waals surface area contributed by atoms with E-state index in [2.05, 4.69) is 65.1 Å². The Morgan fingerprint density at radius 3 is 2.50 bits per heavy atom. The Bertz CT molecular complexity index is 760. The number of nitrogens with one attached hydrogen (secondary N) is 1. The van der Waals surface area contributed by atoms with Crippen molar-refractivity contribution in [3.05, 3.63) is 58.9 Å². The quantitative estimate of drug-likeness (QED) is 0.830. The van der Waals surface area contributed by atoms with E-state index in [1.807, 2.05) is 12.4 Å². The zero-order valence-corrected chi connectivity index (χ0v) is 16.8. The highest BCUT2D eigenvalue weighted by Gasteiger charge is 2.17. The fraction of sp³-hybridized carbons (Fsp3) is 0.429. The molecule has 1 saturated heterocycles. The summed E-state index contributed by atoms with van der Waals surface area (Å²) in [5.74, 6) is 0. The first-order chi connectivity index (χ1) is 12.5. The molecule has 2 aromatic rings. The largest absolute Gasteiger partial charge is 0.348 e. The Kier molecular flexibility index (Phi) is 6.22. The molecule has 0 spiro atoms. The summed E-state index contributed by atoms with van der Waals surface area (Å²) in [5.41, 5.74) is 6.29. The molecule has 1 aliphatic heterocycles. The summed E-state index contributed by atoms with van der Waals surface area (Å²) >= 11 is 5.71. The van der Waals surface area contributed by atoms with Crippen molar-refractivity contribution in [1.29, 1.82) is 0 Å². The molecule has 1 aliphatic rings. The van der Waals surface area contributed by atoms with Crippen molar-refractivity contribution in [1.82, 2.24) is 14.8 Å². The lowest BCUT2D eigenvalue weighted by Gasteiger charge is -2.25. The second-order valence-electron chi connectivity index (χ2n) is 7.15. The van der Waals surface area contributed by atoms with Crippen LogP contribution in [0.25, 0.3) is 0 Å². The topological polar surface area (TPSA) is 31.4 Å². The molecule has 0 aliphatic carbocycles. The smallest absolute Gasteiger partial charge is 0.173 e. The van der Waals surface area contributed by atoms with Gasteiger partial charge in [-0.3, -0.25) is 9.88 Å². The Morgan fingerprint density at radius 1 is 1.00 bits per heavy atom. The van der Waals surface area contributed by atoms with Crippen LogP contribution in [0.3, 0.4) is 0 Å². The second-order valence-corrected chi connectivity index (χ2v) is 7.54. The Morgan fingerprint density at radius 2 is 1.73 bits per heavy atom. The minimum absolute atomic E-state index is 0.835. The van der Waals surface area contributed by atoms with Gasteiger partial charge in [-0.05, 0) is 79.9 Å². The highest BCUT2D eigenvalue weighted by Crippen LogP contribution is 2.21. The molecule has 26 heavy (non-hydrogen) atoms. The van der Waals surface area contributed by atoms with Crippen LogP contribution in [0, 0.1) is 20.8 Å². The van der Waals surface area contributed by atoms with Crippen LogP contribution in [-0.4, -0.2) is 46.1 Å². The maximum Gasteiger partial charge on any atom is 0.173 e. The molecule has 0 atom stereocenters. The second kappa shape index (κ2) is 8.60. The van der Waals surface area contributed by atoms with E-state index in [1.165, 1.54) is 22.3 Å². The summed E-state index contributed by atoms with van der Waals surface area (Å²) in [6.45, 7) is 11.5. The number of anilines is 1. The van der Waals surface area contributed by atoms with Crippen LogP contribution < -0.4 is 5.32 Å². The van der Waals surface area contributed by atoms with Gasteiger partial charge in [-0.2, -0.15) is 0 Å². The number of aryl methyl sites for hydroxylation is 3. The SMILES string of the molecule is Cc1cc(C)c(NC(=S)N2CCCN(Cc3ccncc3)CC2)cc1C. The third kappa shape index (κ3) is 4.80. The van der Waals surface area contributed by atoms with Crippen molar-refractivity contribution in [2.24, 2.45) is 0 Å². The normalized spacial score (nSPS) is 15.6. The fourth-order valence-electron chi connectivity index (χ4n) is 3.37. The fourth-order valence-corrected chi connectivity index (χ4v) is 3.66. The van der Waals surface area contributed by atoms with Crippen molar-refractivity contribution in [3.63, 3.8) is 0 Å². The first kappa shape index (κ1) is 18.8. The number of hydrogen-bond acceptors (Lipinski definition) is 3. The van der Waals surface area contributed by atoms with Gasteiger partial charge in [-0.25, -0.2) is 0 Å². The molecule has 1 fully saturated rings. The summed E-state index contributed by atoms with van der Waals surface area (Å²) in [6, 6.07) is 8.61. The predicted octanol–water partition coefficient (Wildman–Crippen LogP) is 3.91. The molecule has 138 valence electrons. The number of nitrogens with zero attached hydrogens (tertiary/aromatic N) is 3. The van der Waals surface area contributed by atoms with E-state index in [-0.39, 0.29) is 0 Å². The van der Waals surface area contributed by atoms with Crippen molar-refractivity contribution in [2.75, 3.05) is 31.5 Å². The summed E-state index contributed by atoms with van der Waals surface area (Å²) in [4.78, 5) is 8.90. The number of thiocarbonyl (C=S) groups is 1. The lowest BCUT2D eigenvalue weighted by Crippen LogP contribution is -2.38. The molecule has 0 saturated carbocycles. The average molecular weight is 369 g/mol. The van der Waals surface area contributed by atoms with Crippen LogP contribution in [0.2, 0.25) is 0 Å². The summed E-state index contributed by atoms with van der Waals surface area (Å²) in [6.07, 6.45) is 4.85. The Labute approximate surface area is 162 Å². The molecule has 0 bridgehead atoms. The molecule has 2 heterocycles. The maximum atomic E-state index is 5.71. The van der Waals surface area contributed by atoms with Gasteiger partial charge in [0, 0.05) is 50.8 Å². The van der Waals surface area contributed by atoms with E-state index in [9.17, 15) is 0 Å². The van der Waals surface area contributed by atoms with E-state index in [1.54, 1.807) is 0 Å². The van der Waals surface area contributed by atoms with Crippen LogP contribution in [0.5, 0.6) is 0 Å². The highest BCUT2D eigenvalue weighted by molar-refractivity contribution is 7.80. The molecule has 0 unspecified atom stereocenters. The van der Waals surface area contributed by atoms with E-state index < -0.39 is 0 Å². The van der Waals surface area contributed by atoms with Crippen LogP contribution in [0.1, 0.15) is 28.7 Å². The van der Waals surface area contributed by atoms with Gasteiger partial charge in [0.25, 0.3) is 0 Å². The van der Waals surface area contributed by atoms with Gasteiger partial charge in [0.05, 0.1) is 0 Å². The minimum atomic E-state index is 0.835. The van der Waals surface area contributed by atoms with Crippen molar-refractivity contribution >= 4 is 23.0 Å². The van der Waals surface area contributed by atoms with Crippen LogP contribution in [0.15, 0.2) is 36.7 Å². The molecule has 5 heteroatoms. The van der Waals surface area contributed by atoms with Gasteiger partial charge in [0.15, 0.2) is 5.11 Å². The highest BCUT2D eigenvalue weighted by atomic mass is 32.1. The zero-order chi connectivity index (χ0) is 18.5. The lowest BCUT2D eigenvalue weighted by atomic mass is 10.1. The number of rotatable bonds is 3. The Balaban J connectivity index is 1.58. The van der Waals surface area contributed by atoms with Gasteiger partial charge in [-0.15, -0.1) is 0 Å². The van der Waals surface area contributed by atoms with E-state index in [0.717, 1.165) is 49.9 Å². The molecule has 0 radical (unpaired) electrons. The number of hydrogen-bond donors (Lipinski definition) is 1. The summed E-state index contributed by atoms with van der Waals surface area (Å²) in [5, 5.41) is 4.31. The summed E-state index contributed by atoms with van der Waals surface area (Å²) < 4.78 is 0. The third-order valence-corrected chi connectivity index (χ3v) is 5.47. The maximum absolute atomic E-state index is 5.71. The first-order valence-corrected chi connectivity index (χ1v) is 9.69. The number of pyridine rings is 1.